The predicted molar refractivity (Wildman–Crippen MR) is 59.4 cm³/mol. The maximum Gasteiger partial charge on any atom is 0.257 e. The van der Waals surface area contributed by atoms with Crippen LogP contribution in [0.3, 0.4) is 0 Å². The summed E-state index contributed by atoms with van der Waals surface area (Å²) in [6, 6.07) is -0.877. The molecule has 0 aromatic heterocycles. The van der Waals surface area contributed by atoms with Gasteiger partial charge in [-0.05, 0) is 5.92 Å². The van der Waals surface area contributed by atoms with Crippen LogP contribution in [0.2, 0.25) is 0 Å². The molecule has 0 bridgehead atoms. The van der Waals surface area contributed by atoms with Crippen LogP contribution in [0.15, 0.2) is 0 Å². The summed E-state index contributed by atoms with van der Waals surface area (Å²) in [6.07, 6.45) is 0. The summed E-state index contributed by atoms with van der Waals surface area (Å²) in [6.45, 7) is 2.65. The summed E-state index contributed by atoms with van der Waals surface area (Å²) in [4.78, 5) is 11.6. The minimum atomic E-state index is -2.33. The SMILES string of the molecule is CC(C)[C@@H](CO)NC(=O)c1c(F)c(F)c(F)c(F)c1F. The number of hydrogen-bond donors (Lipinski definition) is 2. The Kier molecular flexibility index (Phi) is 5.04. The molecule has 0 saturated carbocycles. The van der Waals surface area contributed by atoms with Gasteiger partial charge < -0.3 is 10.4 Å². The van der Waals surface area contributed by atoms with E-state index in [1.165, 1.54) is 0 Å². The third-order valence-electron chi connectivity index (χ3n) is 2.75. The van der Waals surface area contributed by atoms with Crippen molar-refractivity contribution in [1.82, 2.24) is 5.32 Å². The number of aliphatic hydroxyl groups excluding tert-OH is 1. The Morgan fingerprint density at radius 1 is 1.00 bits per heavy atom. The number of carbonyl (C=O) groups excluding carboxylic acids is 1. The molecule has 0 spiro atoms. The van der Waals surface area contributed by atoms with E-state index in [2.05, 4.69) is 0 Å². The molecule has 8 heteroatoms. The van der Waals surface area contributed by atoms with Crippen LogP contribution in [0, 0.1) is 35.0 Å². The van der Waals surface area contributed by atoms with Gasteiger partial charge in [-0.25, -0.2) is 22.0 Å². The number of amides is 1. The van der Waals surface area contributed by atoms with Crippen molar-refractivity contribution in [2.45, 2.75) is 19.9 Å². The summed E-state index contributed by atoms with van der Waals surface area (Å²) >= 11 is 0. The third kappa shape index (κ3) is 2.90. The molecule has 1 aromatic carbocycles. The van der Waals surface area contributed by atoms with E-state index in [1.54, 1.807) is 13.8 Å². The van der Waals surface area contributed by atoms with Gasteiger partial charge >= 0.3 is 0 Å². The summed E-state index contributed by atoms with van der Waals surface area (Å²) in [5.74, 6) is -12.9. The molecule has 1 rings (SSSR count). The number of halogens is 5. The molecule has 2 N–H and O–H groups in total. The molecule has 1 amide bonds. The molecule has 0 aliphatic rings. The highest BCUT2D eigenvalue weighted by Gasteiger charge is 2.30. The lowest BCUT2D eigenvalue weighted by Gasteiger charge is -2.20. The second kappa shape index (κ2) is 6.17. The first kappa shape index (κ1) is 16.4. The van der Waals surface area contributed by atoms with Gasteiger partial charge in [-0.2, -0.15) is 0 Å². The Morgan fingerprint density at radius 3 is 1.75 bits per heavy atom. The number of rotatable bonds is 4. The van der Waals surface area contributed by atoms with Gasteiger partial charge in [-0.15, -0.1) is 0 Å². The van der Waals surface area contributed by atoms with Gasteiger partial charge in [-0.1, -0.05) is 13.8 Å². The van der Waals surface area contributed by atoms with E-state index in [0.29, 0.717) is 0 Å². The fourth-order valence-corrected chi connectivity index (χ4v) is 1.47. The molecule has 0 unspecified atom stereocenters. The van der Waals surface area contributed by atoms with Crippen LogP contribution in [-0.2, 0) is 0 Å². The molecule has 20 heavy (non-hydrogen) atoms. The van der Waals surface area contributed by atoms with Gasteiger partial charge in [0.25, 0.3) is 5.91 Å². The standard InChI is InChI=1S/C12H12F5NO2/c1-4(2)5(3-19)18-12(20)6-7(13)9(15)11(17)10(16)8(6)14/h4-5,19H,3H2,1-2H3,(H,18,20)/t5-/m1/s1. The number of nitrogens with one attached hydrogen (secondary N) is 1. The van der Waals surface area contributed by atoms with Crippen molar-refractivity contribution < 1.29 is 31.9 Å². The molecule has 1 atom stereocenters. The van der Waals surface area contributed by atoms with E-state index in [4.69, 9.17) is 5.11 Å². The molecular formula is C12H12F5NO2. The number of carbonyl (C=O) groups is 1. The highest BCUT2D eigenvalue weighted by Crippen LogP contribution is 2.23. The maximum absolute atomic E-state index is 13.4. The molecule has 112 valence electrons. The highest BCUT2D eigenvalue weighted by atomic mass is 19.2. The minimum absolute atomic E-state index is 0.301. The average Bonchev–Trinajstić information content (AvgIpc) is 2.40. The van der Waals surface area contributed by atoms with Crippen molar-refractivity contribution in [3.8, 4) is 0 Å². The number of aliphatic hydroxyl groups is 1. The van der Waals surface area contributed by atoms with Crippen molar-refractivity contribution >= 4 is 5.91 Å². The predicted octanol–water partition coefficient (Wildman–Crippen LogP) is 2.13. The second-order valence-electron chi connectivity index (χ2n) is 4.45. The molecule has 0 aliphatic heterocycles. The van der Waals surface area contributed by atoms with E-state index >= 15 is 0 Å². The molecular weight excluding hydrogens is 285 g/mol. The fraction of sp³-hybridized carbons (Fsp3) is 0.417. The highest BCUT2D eigenvalue weighted by molar-refractivity contribution is 5.95. The average molecular weight is 297 g/mol. The van der Waals surface area contributed by atoms with E-state index in [0.717, 1.165) is 0 Å². The molecule has 0 fully saturated rings. The Morgan fingerprint density at radius 2 is 1.40 bits per heavy atom. The summed E-state index contributed by atoms with van der Waals surface area (Å²) in [7, 11) is 0. The fourth-order valence-electron chi connectivity index (χ4n) is 1.47. The monoisotopic (exact) mass is 297 g/mol. The Labute approximate surface area is 111 Å². The Balaban J connectivity index is 3.24. The van der Waals surface area contributed by atoms with Crippen molar-refractivity contribution in [1.29, 1.82) is 0 Å². The van der Waals surface area contributed by atoms with Crippen LogP contribution >= 0.6 is 0 Å². The van der Waals surface area contributed by atoms with Gasteiger partial charge in [0.2, 0.25) is 5.82 Å². The first-order valence-corrected chi connectivity index (χ1v) is 5.65. The molecule has 1 aromatic rings. The lowest BCUT2D eigenvalue weighted by atomic mass is 10.0. The van der Waals surface area contributed by atoms with Gasteiger partial charge in [0, 0.05) is 0 Å². The smallest absolute Gasteiger partial charge is 0.257 e. The van der Waals surface area contributed by atoms with Crippen LogP contribution < -0.4 is 5.32 Å². The van der Waals surface area contributed by atoms with Crippen molar-refractivity contribution in [2.24, 2.45) is 5.92 Å². The zero-order valence-electron chi connectivity index (χ0n) is 10.6. The van der Waals surface area contributed by atoms with E-state index in [-0.39, 0.29) is 5.92 Å². The van der Waals surface area contributed by atoms with Crippen LogP contribution in [0.1, 0.15) is 24.2 Å². The normalized spacial score (nSPS) is 12.7. The third-order valence-corrected chi connectivity index (χ3v) is 2.75. The molecule has 0 heterocycles. The molecule has 3 nitrogen and oxygen atoms in total. The molecule has 0 saturated heterocycles. The maximum atomic E-state index is 13.4. The van der Waals surface area contributed by atoms with E-state index in [1.807, 2.05) is 5.32 Å². The number of hydrogen-bond acceptors (Lipinski definition) is 2. The first-order valence-electron chi connectivity index (χ1n) is 5.65. The van der Waals surface area contributed by atoms with Crippen LogP contribution in [0.5, 0.6) is 0 Å². The van der Waals surface area contributed by atoms with Gasteiger partial charge in [0.1, 0.15) is 5.56 Å². The number of benzene rings is 1. The van der Waals surface area contributed by atoms with Crippen molar-refractivity contribution in [2.75, 3.05) is 6.61 Å². The van der Waals surface area contributed by atoms with Gasteiger partial charge in [-0.3, -0.25) is 4.79 Å². The Hall–Kier alpha value is -1.70. The van der Waals surface area contributed by atoms with Crippen molar-refractivity contribution in [3.05, 3.63) is 34.6 Å². The summed E-state index contributed by atoms with van der Waals surface area (Å²) < 4.78 is 65.4. The zero-order chi connectivity index (χ0) is 15.6. The lowest BCUT2D eigenvalue weighted by Crippen LogP contribution is -2.42. The summed E-state index contributed by atoms with van der Waals surface area (Å²) in [5.41, 5.74) is -1.57. The molecule has 0 aliphatic carbocycles. The van der Waals surface area contributed by atoms with Gasteiger partial charge in [0.05, 0.1) is 12.6 Å². The first-order chi connectivity index (χ1) is 9.22. The topological polar surface area (TPSA) is 49.3 Å². The minimum Gasteiger partial charge on any atom is -0.394 e. The van der Waals surface area contributed by atoms with Gasteiger partial charge in [0.15, 0.2) is 23.3 Å². The summed E-state index contributed by atoms with van der Waals surface area (Å²) in [5, 5.41) is 11.0. The van der Waals surface area contributed by atoms with Crippen molar-refractivity contribution in [3.63, 3.8) is 0 Å². The van der Waals surface area contributed by atoms with Crippen LogP contribution in [-0.4, -0.2) is 23.7 Å². The zero-order valence-corrected chi connectivity index (χ0v) is 10.6. The van der Waals surface area contributed by atoms with Crippen LogP contribution in [0.25, 0.3) is 0 Å². The molecule has 0 radical (unpaired) electrons. The quantitative estimate of drug-likeness (QED) is 0.508. The van der Waals surface area contributed by atoms with E-state index < -0.39 is 53.2 Å². The van der Waals surface area contributed by atoms with E-state index in [9.17, 15) is 26.7 Å². The Bertz CT molecular complexity index is 504. The second-order valence-corrected chi connectivity index (χ2v) is 4.45. The largest absolute Gasteiger partial charge is 0.394 e. The van der Waals surface area contributed by atoms with Crippen LogP contribution in [0.4, 0.5) is 22.0 Å². The lowest BCUT2D eigenvalue weighted by molar-refractivity contribution is 0.0885.